The first-order valence-corrected chi connectivity index (χ1v) is 7.14. The highest BCUT2D eigenvalue weighted by molar-refractivity contribution is 9.10. The van der Waals surface area contributed by atoms with E-state index in [2.05, 4.69) is 22.0 Å². The molecule has 1 atom stereocenters. The molecule has 1 N–H and O–H groups in total. The van der Waals surface area contributed by atoms with Gasteiger partial charge in [-0.3, -0.25) is 0 Å². The van der Waals surface area contributed by atoms with Crippen LogP contribution >= 0.6 is 15.9 Å². The smallest absolute Gasteiger partial charge is 0.128 e. The zero-order valence-electron chi connectivity index (χ0n) is 10.7. The van der Waals surface area contributed by atoms with Gasteiger partial charge in [-0.2, -0.15) is 0 Å². The summed E-state index contributed by atoms with van der Waals surface area (Å²) in [5.41, 5.74) is 4.04. The number of para-hydroxylation sites is 1. The zero-order chi connectivity index (χ0) is 13.4. The van der Waals surface area contributed by atoms with Crippen molar-refractivity contribution in [2.75, 3.05) is 6.61 Å². The minimum atomic E-state index is -0.649. The third-order valence-corrected chi connectivity index (χ3v) is 3.88. The number of rotatable bonds is 2. The molecular weight excluding hydrogens is 304 g/mol. The van der Waals surface area contributed by atoms with E-state index in [0.29, 0.717) is 6.61 Å². The largest absolute Gasteiger partial charge is 0.493 e. The van der Waals surface area contributed by atoms with Crippen LogP contribution in [0.15, 0.2) is 40.9 Å². The van der Waals surface area contributed by atoms with Crippen LogP contribution in [0.2, 0.25) is 0 Å². The highest BCUT2D eigenvalue weighted by Gasteiger charge is 2.22. The molecule has 0 aromatic heterocycles. The molecular formula is C16H15BrO2. The molecule has 2 aromatic rings. The van der Waals surface area contributed by atoms with E-state index in [1.807, 2.05) is 37.3 Å². The van der Waals surface area contributed by atoms with Crippen LogP contribution in [0.25, 0.3) is 0 Å². The highest BCUT2D eigenvalue weighted by Crippen LogP contribution is 2.36. The summed E-state index contributed by atoms with van der Waals surface area (Å²) in [6.07, 6.45) is 0.275. The standard InChI is InChI=1S/C16H15BrO2/c1-10-7-12(9-13(17)8-10)15(18)14-4-2-3-11-5-6-19-16(11)14/h2-4,7-9,15,18H,5-6H2,1H3. The van der Waals surface area contributed by atoms with E-state index in [1.54, 1.807) is 0 Å². The Morgan fingerprint density at radius 3 is 2.89 bits per heavy atom. The second-order valence-electron chi connectivity index (χ2n) is 4.90. The Kier molecular flexibility index (Phi) is 3.33. The van der Waals surface area contributed by atoms with Crippen LogP contribution in [0.3, 0.4) is 0 Å². The molecule has 1 aliphatic heterocycles. The lowest BCUT2D eigenvalue weighted by atomic mass is 9.97. The van der Waals surface area contributed by atoms with Crippen molar-refractivity contribution < 1.29 is 9.84 Å². The lowest BCUT2D eigenvalue weighted by Crippen LogP contribution is -2.02. The fourth-order valence-electron chi connectivity index (χ4n) is 2.56. The summed E-state index contributed by atoms with van der Waals surface area (Å²) in [5, 5.41) is 10.6. The Balaban J connectivity index is 2.04. The van der Waals surface area contributed by atoms with Crippen molar-refractivity contribution in [1.82, 2.24) is 0 Å². The Bertz CT molecular complexity index is 602. The monoisotopic (exact) mass is 318 g/mol. The van der Waals surface area contributed by atoms with E-state index in [9.17, 15) is 5.11 Å². The summed E-state index contributed by atoms with van der Waals surface area (Å²) < 4.78 is 6.64. The van der Waals surface area contributed by atoms with Crippen molar-refractivity contribution in [3.05, 3.63) is 63.1 Å². The van der Waals surface area contributed by atoms with Gasteiger partial charge < -0.3 is 9.84 Å². The molecule has 19 heavy (non-hydrogen) atoms. The van der Waals surface area contributed by atoms with Crippen molar-refractivity contribution in [2.24, 2.45) is 0 Å². The molecule has 1 heterocycles. The van der Waals surface area contributed by atoms with Crippen LogP contribution in [0, 0.1) is 6.92 Å². The fourth-order valence-corrected chi connectivity index (χ4v) is 3.18. The van der Waals surface area contributed by atoms with Crippen LogP contribution in [-0.2, 0) is 6.42 Å². The number of halogens is 1. The van der Waals surface area contributed by atoms with E-state index in [1.165, 1.54) is 5.56 Å². The normalized spacial score (nSPS) is 14.9. The van der Waals surface area contributed by atoms with Crippen LogP contribution in [0.1, 0.15) is 28.4 Å². The second-order valence-corrected chi connectivity index (χ2v) is 5.81. The van der Waals surface area contributed by atoms with Crippen molar-refractivity contribution in [2.45, 2.75) is 19.4 Å². The molecule has 0 spiro atoms. The van der Waals surface area contributed by atoms with E-state index in [0.717, 1.165) is 33.3 Å². The van der Waals surface area contributed by atoms with Gasteiger partial charge in [-0.1, -0.05) is 40.2 Å². The quantitative estimate of drug-likeness (QED) is 0.913. The minimum absolute atomic E-state index is 0.649. The van der Waals surface area contributed by atoms with E-state index in [-0.39, 0.29) is 0 Å². The van der Waals surface area contributed by atoms with Crippen LogP contribution < -0.4 is 4.74 Å². The van der Waals surface area contributed by atoms with Gasteiger partial charge in [0.15, 0.2) is 0 Å². The van der Waals surface area contributed by atoms with E-state index >= 15 is 0 Å². The van der Waals surface area contributed by atoms with Crippen LogP contribution in [-0.4, -0.2) is 11.7 Å². The van der Waals surface area contributed by atoms with E-state index in [4.69, 9.17) is 4.74 Å². The molecule has 1 unspecified atom stereocenters. The summed E-state index contributed by atoms with van der Waals surface area (Å²) >= 11 is 3.47. The highest BCUT2D eigenvalue weighted by atomic mass is 79.9. The van der Waals surface area contributed by atoms with Crippen molar-refractivity contribution in [1.29, 1.82) is 0 Å². The molecule has 0 aliphatic carbocycles. The summed E-state index contributed by atoms with van der Waals surface area (Å²) in [6, 6.07) is 12.0. The summed E-state index contributed by atoms with van der Waals surface area (Å²) in [5.74, 6) is 0.854. The molecule has 98 valence electrons. The SMILES string of the molecule is Cc1cc(Br)cc(C(O)c2cccc3c2OCC3)c1. The van der Waals surface area contributed by atoms with E-state index < -0.39 is 6.10 Å². The minimum Gasteiger partial charge on any atom is -0.493 e. The van der Waals surface area contributed by atoms with Crippen LogP contribution in [0.4, 0.5) is 0 Å². The van der Waals surface area contributed by atoms with Crippen molar-refractivity contribution in [3.63, 3.8) is 0 Å². The lowest BCUT2D eigenvalue weighted by molar-refractivity contribution is 0.213. The molecule has 2 nitrogen and oxygen atoms in total. The topological polar surface area (TPSA) is 29.5 Å². The van der Waals surface area contributed by atoms with Crippen LogP contribution in [0.5, 0.6) is 5.75 Å². The van der Waals surface area contributed by atoms with Gasteiger partial charge in [0.05, 0.1) is 6.61 Å². The maximum absolute atomic E-state index is 10.6. The number of aliphatic hydroxyl groups is 1. The molecule has 0 bridgehead atoms. The summed E-state index contributed by atoms with van der Waals surface area (Å²) in [6.45, 7) is 2.73. The second kappa shape index (κ2) is 4.99. The number of aliphatic hydroxyl groups excluding tert-OH is 1. The zero-order valence-corrected chi connectivity index (χ0v) is 12.3. The molecule has 0 saturated carbocycles. The van der Waals surface area contributed by atoms with Crippen molar-refractivity contribution >= 4 is 15.9 Å². The Morgan fingerprint density at radius 1 is 1.26 bits per heavy atom. The predicted octanol–water partition coefficient (Wildman–Crippen LogP) is 3.77. The maximum atomic E-state index is 10.6. The molecule has 0 fully saturated rings. The number of ether oxygens (including phenoxy) is 1. The average Bonchev–Trinajstić information content (AvgIpc) is 2.84. The number of hydrogen-bond donors (Lipinski definition) is 1. The molecule has 0 radical (unpaired) electrons. The number of hydrogen-bond acceptors (Lipinski definition) is 2. The van der Waals surface area contributed by atoms with Gasteiger partial charge in [-0.05, 0) is 35.7 Å². The third kappa shape index (κ3) is 2.40. The third-order valence-electron chi connectivity index (χ3n) is 3.42. The predicted molar refractivity (Wildman–Crippen MR) is 78.6 cm³/mol. The molecule has 0 saturated heterocycles. The molecule has 3 heteroatoms. The van der Waals surface area contributed by atoms with Gasteiger partial charge >= 0.3 is 0 Å². The molecule has 2 aromatic carbocycles. The van der Waals surface area contributed by atoms with Gasteiger partial charge in [0.25, 0.3) is 0 Å². The van der Waals surface area contributed by atoms with Gasteiger partial charge in [-0.25, -0.2) is 0 Å². The molecule has 1 aliphatic rings. The molecule has 0 amide bonds. The Hall–Kier alpha value is -1.32. The van der Waals surface area contributed by atoms with Gasteiger partial charge in [0.1, 0.15) is 11.9 Å². The summed E-state index contributed by atoms with van der Waals surface area (Å²) in [4.78, 5) is 0. The Morgan fingerprint density at radius 2 is 2.11 bits per heavy atom. The Labute approximate surface area is 121 Å². The van der Waals surface area contributed by atoms with Crippen molar-refractivity contribution in [3.8, 4) is 5.75 Å². The van der Waals surface area contributed by atoms with Gasteiger partial charge in [0, 0.05) is 16.5 Å². The fraction of sp³-hybridized carbons (Fsp3) is 0.250. The first-order valence-electron chi connectivity index (χ1n) is 6.35. The number of aryl methyl sites for hydroxylation is 1. The summed E-state index contributed by atoms with van der Waals surface area (Å²) in [7, 11) is 0. The first-order chi connectivity index (χ1) is 9.15. The first kappa shape index (κ1) is 12.7. The maximum Gasteiger partial charge on any atom is 0.128 e. The van der Waals surface area contributed by atoms with Gasteiger partial charge in [-0.15, -0.1) is 0 Å². The number of fused-ring (bicyclic) bond motifs is 1. The molecule has 3 rings (SSSR count). The lowest BCUT2D eigenvalue weighted by Gasteiger charge is -2.16. The number of benzene rings is 2. The van der Waals surface area contributed by atoms with Gasteiger partial charge in [0.2, 0.25) is 0 Å². The average molecular weight is 319 g/mol.